The highest BCUT2D eigenvalue weighted by atomic mass is 35.5. The lowest BCUT2D eigenvalue weighted by Crippen LogP contribution is -2.58. The first kappa shape index (κ1) is 31.6. The van der Waals surface area contributed by atoms with Gasteiger partial charge in [0.1, 0.15) is 17.2 Å². The highest BCUT2D eigenvalue weighted by molar-refractivity contribution is 7.87. The van der Waals surface area contributed by atoms with Crippen molar-refractivity contribution in [3.63, 3.8) is 0 Å². The van der Waals surface area contributed by atoms with E-state index in [4.69, 9.17) is 26.2 Å². The molecule has 1 aliphatic heterocycles. The van der Waals surface area contributed by atoms with E-state index >= 15 is 0 Å². The van der Waals surface area contributed by atoms with Gasteiger partial charge in [-0.25, -0.2) is 14.3 Å². The number of benzene rings is 2. The summed E-state index contributed by atoms with van der Waals surface area (Å²) in [5.41, 5.74) is 0.251. The van der Waals surface area contributed by atoms with Crippen LogP contribution in [0.25, 0.3) is 0 Å². The fraction of sp³-hybridized carbons (Fsp3) is 0.481. The van der Waals surface area contributed by atoms with Crippen molar-refractivity contribution in [2.24, 2.45) is 5.14 Å². The van der Waals surface area contributed by atoms with Crippen molar-refractivity contribution in [2.45, 2.75) is 65.4 Å². The minimum absolute atomic E-state index is 0.0495. The highest BCUT2D eigenvalue weighted by Crippen LogP contribution is 2.27. The van der Waals surface area contributed by atoms with E-state index in [1.165, 1.54) is 30.3 Å². The molecule has 2 aromatic carbocycles. The third kappa shape index (κ3) is 8.79. The van der Waals surface area contributed by atoms with Crippen molar-refractivity contribution < 1.29 is 31.9 Å². The summed E-state index contributed by atoms with van der Waals surface area (Å²) < 4.78 is 49.0. The molecule has 3 rings (SSSR count). The van der Waals surface area contributed by atoms with Gasteiger partial charge in [0.2, 0.25) is 0 Å². The lowest BCUT2D eigenvalue weighted by molar-refractivity contribution is -0.139. The normalized spacial score (nSPS) is 18.4. The van der Waals surface area contributed by atoms with Crippen LogP contribution >= 0.6 is 11.6 Å². The molecule has 1 aliphatic rings. The highest BCUT2D eigenvalue weighted by Gasteiger charge is 2.33. The van der Waals surface area contributed by atoms with Gasteiger partial charge in [-0.3, -0.25) is 9.69 Å². The summed E-state index contributed by atoms with van der Waals surface area (Å²) in [6.07, 6.45) is -1.15. The predicted molar refractivity (Wildman–Crippen MR) is 149 cm³/mol. The Labute approximate surface area is 239 Å². The number of halogens is 2. The van der Waals surface area contributed by atoms with Crippen LogP contribution in [-0.2, 0) is 32.8 Å². The molecule has 40 heavy (non-hydrogen) atoms. The molecule has 0 radical (unpaired) electrons. The van der Waals surface area contributed by atoms with Gasteiger partial charge in [-0.1, -0.05) is 23.7 Å². The zero-order valence-electron chi connectivity index (χ0n) is 23.3. The van der Waals surface area contributed by atoms with E-state index < -0.39 is 28.4 Å². The third-order valence-corrected chi connectivity index (χ3v) is 7.45. The first-order chi connectivity index (χ1) is 18.5. The molecule has 13 heteroatoms. The number of hydrogen-bond acceptors (Lipinski definition) is 7. The molecule has 220 valence electrons. The Balaban J connectivity index is 1.68. The summed E-state index contributed by atoms with van der Waals surface area (Å²) in [6, 6.07) is 10.8. The van der Waals surface area contributed by atoms with Gasteiger partial charge in [-0.05, 0) is 70.5 Å². The number of rotatable bonds is 8. The minimum atomic E-state index is -4.49. The predicted octanol–water partition coefficient (Wildman–Crippen LogP) is 3.92. The van der Waals surface area contributed by atoms with Gasteiger partial charge in [0.25, 0.3) is 5.91 Å². The van der Waals surface area contributed by atoms with Crippen molar-refractivity contribution >= 4 is 33.8 Å². The fourth-order valence-corrected chi connectivity index (χ4v) is 5.11. The maximum atomic E-state index is 13.3. The SMILES string of the molecule is CC1CN(C(=O)COc2ccc(Cl)cc2CN(C(=O)OC(C)(C)C)S(N)(=O)=O)C(C)CN1Cc1ccc(F)cc1. The number of hydrogen-bond donors (Lipinski definition) is 1. The Hall–Kier alpha value is -2.93. The van der Waals surface area contributed by atoms with E-state index in [-0.39, 0.29) is 46.8 Å². The molecule has 1 fully saturated rings. The van der Waals surface area contributed by atoms with Crippen molar-refractivity contribution in [1.82, 2.24) is 14.1 Å². The molecule has 0 spiro atoms. The quantitative estimate of drug-likeness (QED) is 0.489. The molecular weight excluding hydrogens is 563 g/mol. The molecule has 0 aliphatic carbocycles. The van der Waals surface area contributed by atoms with Crippen molar-refractivity contribution in [3.05, 3.63) is 64.4 Å². The third-order valence-electron chi connectivity index (χ3n) is 6.33. The topological polar surface area (TPSA) is 122 Å². The average Bonchev–Trinajstić information content (AvgIpc) is 2.83. The lowest BCUT2D eigenvalue weighted by Gasteiger charge is -2.44. The van der Waals surface area contributed by atoms with E-state index in [0.717, 1.165) is 5.56 Å². The van der Waals surface area contributed by atoms with Crippen molar-refractivity contribution in [1.29, 1.82) is 0 Å². The smallest absolute Gasteiger partial charge is 0.425 e. The van der Waals surface area contributed by atoms with E-state index in [0.29, 0.717) is 23.9 Å². The lowest BCUT2D eigenvalue weighted by atomic mass is 10.1. The number of carbonyl (C=O) groups excluding carboxylic acids is 2. The summed E-state index contributed by atoms with van der Waals surface area (Å²) in [5, 5.41) is 5.56. The van der Waals surface area contributed by atoms with E-state index in [2.05, 4.69) is 4.90 Å². The van der Waals surface area contributed by atoms with E-state index in [1.807, 2.05) is 13.8 Å². The minimum Gasteiger partial charge on any atom is -0.483 e. The average molecular weight is 599 g/mol. The maximum Gasteiger partial charge on any atom is 0.425 e. The molecule has 0 bridgehead atoms. The molecule has 2 atom stereocenters. The second-order valence-electron chi connectivity index (χ2n) is 10.9. The summed E-state index contributed by atoms with van der Waals surface area (Å²) in [4.78, 5) is 29.7. The van der Waals surface area contributed by atoms with Crippen LogP contribution in [0.5, 0.6) is 5.75 Å². The molecule has 1 saturated heterocycles. The number of ether oxygens (including phenoxy) is 2. The maximum absolute atomic E-state index is 13.3. The molecule has 0 aromatic heterocycles. The zero-order valence-corrected chi connectivity index (χ0v) is 24.8. The number of nitrogens with two attached hydrogens (primary N) is 1. The number of nitrogens with zero attached hydrogens (tertiary/aromatic N) is 3. The van der Waals surface area contributed by atoms with Crippen LogP contribution < -0.4 is 9.88 Å². The number of carbonyl (C=O) groups is 2. The Morgan fingerprint density at radius 1 is 1.10 bits per heavy atom. The van der Waals surface area contributed by atoms with Crippen LogP contribution in [-0.4, -0.2) is 71.9 Å². The van der Waals surface area contributed by atoms with Gasteiger partial charge in [-0.2, -0.15) is 12.7 Å². The van der Waals surface area contributed by atoms with Gasteiger partial charge >= 0.3 is 16.3 Å². The van der Waals surface area contributed by atoms with Gasteiger partial charge in [0.05, 0.1) is 6.54 Å². The molecular formula is C27H36ClFN4O6S. The standard InChI is InChI=1S/C27H36ClFN4O6S/c1-18-14-32(19(2)13-31(18)15-20-6-9-23(29)10-7-20)25(34)17-38-24-11-8-22(28)12-21(24)16-33(40(30,36)37)26(35)39-27(3,4)5/h6-12,18-19H,13-17H2,1-5H3,(H2,30,36,37). The Morgan fingerprint density at radius 2 is 1.75 bits per heavy atom. The van der Waals surface area contributed by atoms with Crippen LogP contribution in [0.1, 0.15) is 45.7 Å². The first-order valence-electron chi connectivity index (χ1n) is 12.8. The van der Waals surface area contributed by atoms with Crippen molar-refractivity contribution in [2.75, 3.05) is 19.7 Å². The molecule has 2 aromatic rings. The molecule has 2 unspecified atom stereocenters. The van der Waals surface area contributed by atoms with Gasteiger partial charge in [0.15, 0.2) is 6.61 Å². The summed E-state index contributed by atoms with van der Waals surface area (Å²) in [7, 11) is -4.49. The Kier molecular flexibility index (Phi) is 10.0. The Bertz CT molecular complexity index is 1320. The van der Waals surface area contributed by atoms with E-state index in [1.54, 1.807) is 37.8 Å². The van der Waals surface area contributed by atoms with Crippen LogP contribution in [0.3, 0.4) is 0 Å². The van der Waals surface area contributed by atoms with Crippen LogP contribution in [0.15, 0.2) is 42.5 Å². The van der Waals surface area contributed by atoms with Gasteiger partial charge in [-0.15, -0.1) is 0 Å². The largest absolute Gasteiger partial charge is 0.483 e. The van der Waals surface area contributed by atoms with E-state index in [9.17, 15) is 22.4 Å². The van der Waals surface area contributed by atoms with Gasteiger partial charge < -0.3 is 14.4 Å². The Morgan fingerprint density at radius 3 is 2.35 bits per heavy atom. The summed E-state index contributed by atoms with van der Waals surface area (Å²) >= 11 is 6.13. The summed E-state index contributed by atoms with van der Waals surface area (Å²) in [5.74, 6) is -0.366. The second kappa shape index (κ2) is 12.7. The molecule has 10 nitrogen and oxygen atoms in total. The first-order valence-corrected chi connectivity index (χ1v) is 14.6. The number of piperazine rings is 1. The molecule has 1 heterocycles. The van der Waals surface area contributed by atoms with Crippen LogP contribution in [0.2, 0.25) is 5.02 Å². The monoisotopic (exact) mass is 598 g/mol. The van der Waals surface area contributed by atoms with Crippen molar-refractivity contribution in [3.8, 4) is 5.75 Å². The molecule has 2 N–H and O–H groups in total. The fourth-order valence-electron chi connectivity index (χ4n) is 4.35. The zero-order chi connectivity index (χ0) is 29.8. The summed E-state index contributed by atoms with van der Waals surface area (Å²) in [6.45, 7) is 9.65. The van der Waals surface area contributed by atoms with Crippen LogP contribution in [0, 0.1) is 5.82 Å². The molecule has 0 saturated carbocycles. The van der Waals surface area contributed by atoms with Gasteiger partial charge in [0, 0.05) is 42.3 Å². The number of amides is 2. The second-order valence-corrected chi connectivity index (χ2v) is 12.8. The molecule has 2 amide bonds. The van der Waals surface area contributed by atoms with Crippen LogP contribution in [0.4, 0.5) is 9.18 Å².